The van der Waals surface area contributed by atoms with E-state index < -0.39 is 5.97 Å². The number of pyridine rings is 1. The Kier molecular flexibility index (Phi) is 3.08. The molecule has 7 heteroatoms. The van der Waals surface area contributed by atoms with Crippen molar-refractivity contribution in [1.82, 2.24) is 25.2 Å². The van der Waals surface area contributed by atoms with Crippen LogP contribution in [0.3, 0.4) is 0 Å². The van der Waals surface area contributed by atoms with Gasteiger partial charge >= 0.3 is 5.97 Å². The molecule has 2 heterocycles. The average molecular weight is 233 g/mol. The van der Waals surface area contributed by atoms with Crippen molar-refractivity contribution in [1.29, 1.82) is 0 Å². The number of nitrogens with zero attached hydrogens (tertiary/aromatic N) is 5. The molecule has 0 fully saturated rings. The van der Waals surface area contributed by atoms with E-state index >= 15 is 0 Å². The number of rotatable bonds is 4. The maximum atomic E-state index is 10.5. The third kappa shape index (κ3) is 2.63. The molecule has 88 valence electrons. The van der Waals surface area contributed by atoms with Crippen molar-refractivity contribution in [2.24, 2.45) is 0 Å². The van der Waals surface area contributed by atoms with Gasteiger partial charge in [0, 0.05) is 17.5 Å². The first-order chi connectivity index (χ1) is 8.16. The maximum absolute atomic E-state index is 10.5. The normalized spacial score (nSPS) is 10.4. The number of aliphatic carboxylic acids is 1. The van der Waals surface area contributed by atoms with Crippen molar-refractivity contribution in [3.8, 4) is 11.4 Å². The zero-order valence-electron chi connectivity index (χ0n) is 9.24. The molecule has 0 saturated carbocycles. The highest BCUT2D eigenvalue weighted by Crippen LogP contribution is 2.15. The highest BCUT2D eigenvalue weighted by atomic mass is 16.4. The largest absolute Gasteiger partial charge is 0.481 e. The van der Waals surface area contributed by atoms with Crippen LogP contribution in [0.1, 0.15) is 12.1 Å². The van der Waals surface area contributed by atoms with Gasteiger partial charge in [-0.2, -0.15) is 0 Å². The van der Waals surface area contributed by atoms with E-state index in [4.69, 9.17) is 5.11 Å². The van der Waals surface area contributed by atoms with Crippen LogP contribution in [-0.2, 0) is 11.3 Å². The minimum absolute atomic E-state index is 0.0118. The summed E-state index contributed by atoms with van der Waals surface area (Å²) >= 11 is 0. The summed E-state index contributed by atoms with van der Waals surface area (Å²) in [4.78, 5) is 14.6. The van der Waals surface area contributed by atoms with Crippen LogP contribution < -0.4 is 0 Å². The molecule has 0 spiro atoms. The van der Waals surface area contributed by atoms with E-state index in [2.05, 4.69) is 20.5 Å². The van der Waals surface area contributed by atoms with Crippen molar-refractivity contribution in [3.05, 3.63) is 24.0 Å². The van der Waals surface area contributed by atoms with Crippen molar-refractivity contribution in [2.75, 3.05) is 0 Å². The Labute approximate surface area is 97.1 Å². The Morgan fingerprint density at radius 2 is 2.35 bits per heavy atom. The first-order valence-corrected chi connectivity index (χ1v) is 5.08. The molecule has 2 aromatic heterocycles. The molecule has 0 aliphatic carbocycles. The minimum atomic E-state index is -0.877. The van der Waals surface area contributed by atoms with Crippen LogP contribution in [0.15, 0.2) is 18.3 Å². The van der Waals surface area contributed by atoms with Crippen LogP contribution >= 0.6 is 0 Å². The highest BCUT2D eigenvalue weighted by Gasteiger charge is 2.10. The number of carboxylic acids is 1. The second-order valence-electron chi connectivity index (χ2n) is 3.56. The van der Waals surface area contributed by atoms with Crippen LogP contribution in [0.4, 0.5) is 0 Å². The molecular weight excluding hydrogens is 222 g/mol. The Hall–Kier alpha value is -2.31. The maximum Gasteiger partial charge on any atom is 0.305 e. The first kappa shape index (κ1) is 11.2. The lowest BCUT2D eigenvalue weighted by Crippen LogP contribution is -2.07. The van der Waals surface area contributed by atoms with E-state index in [1.807, 2.05) is 13.0 Å². The Bertz CT molecular complexity index is 537. The number of carbonyl (C=O) groups is 1. The van der Waals surface area contributed by atoms with Gasteiger partial charge in [0.25, 0.3) is 0 Å². The summed E-state index contributed by atoms with van der Waals surface area (Å²) in [5.41, 5.74) is 1.68. The molecular formula is C10H11N5O2. The SMILES string of the molecule is Cc1cc(-c2nnnn2CCC(=O)O)ccn1. The van der Waals surface area contributed by atoms with E-state index in [9.17, 15) is 4.79 Å². The fraction of sp³-hybridized carbons (Fsp3) is 0.300. The molecule has 0 aromatic carbocycles. The van der Waals surface area contributed by atoms with Crippen LogP contribution in [0, 0.1) is 6.92 Å². The number of tetrazole rings is 1. The Morgan fingerprint density at radius 1 is 1.53 bits per heavy atom. The fourth-order valence-corrected chi connectivity index (χ4v) is 1.45. The molecule has 0 amide bonds. The summed E-state index contributed by atoms with van der Waals surface area (Å²) in [5.74, 6) is -0.325. The Morgan fingerprint density at radius 3 is 3.06 bits per heavy atom. The van der Waals surface area contributed by atoms with Crippen LogP contribution in [0.25, 0.3) is 11.4 Å². The number of hydrogen-bond acceptors (Lipinski definition) is 5. The van der Waals surface area contributed by atoms with E-state index in [1.165, 1.54) is 4.68 Å². The van der Waals surface area contributed by atoms with E-state index in [1.54, 1.807) is 12.3 Å². The third-order valence-corrected chi connectivity index (χ3v) is 2.22. The van der Waals surface area contributed by atoms with Gasteiger partial charge in [0.2, 0.25) is 0 Å². The van der Waals surface area contributed by atoms with Crippen molar-refractivity contribution in [3.63, 3.8) is 0 Å². The predicted molar refractivity (Wildman–Crippen MR) is 58.0 cm³/mol. The number of carboxylic acid groups (broad SMARTS) is 1. The molecule has 0 aliphatic rings. The molecule has 0 radical (unpaired) electrons. The van der Waals surface area contributed by atoms with Crippen LogP contribution in [-0.4, -0.2) is 36.3 Å². The Balaban J connectivity index is 2.27. The zero-order chi connectivity index (χ0) is 12.3. The van der Waals surface area contributed by atoms with E-state index in [0.29, 0.717) is 5.82 Å². The predicted octanol–water partition coefficient (Wildman–Crippen LogP) is 0.518. The molecule has 2 rings (SSSR count). The molecule has 0 unspecified atom stereocenters. The van der Waals surface area contributed by atoms with Gasteiger partial charge in [-0.3, -0.25) is 9.78 Å². The summed E-state index contributed by atoms with van der Waals surface area (Å²) in [7, 11) is 0. The summed E-state index contributed by atoms with van der Waals surface area (Å²) in [6.45, 7) is 2.12. The summed E-state index contributed by atoms with van der Waals surface area (Å²) in [5, 5.41) is 19.8. The molecule has 2 aromatic rings. The number of aromatic nitrogens is 5. The van der Waals surface area contributed by atoms with E-state index in [-0.39, 0.29) is 13.0 Å². The highest BCUT2D eigenvalue weighted by molar-refractivity contribution is 5.66. The van der Waals surface area contributed by atoms with Crippen LogP contribution in [0.5, 0.6) is 0 Å². The van der Waals surface area contributed by atoms with Gasteiger partial charge in [-0.15, -0.1) is 5.10 Å². The molecule has 0 aliphatic heterocycles. The lowest BCUT2D eigenvalue weighted by molar-refractivity contribution is -0.137. The van der Waals surface area contributed by atoms with E-state index in [0.717, 1.165) is 11.3 Å². The first-order valence-electron chi connectivity index (χ1n) is 5.08. The monoisotopic (exact) mass is 233 g/mol. The van der Waals surface area contributed by atoms with Gasteiger partial charge in [0.05, 0.1) is 13.0 Å². The van der Waals surface area contributed by atoms with Crippen molar-refractivity contribution in [2.45, 2.75) is 19.9 Å². The molecule has 17 heavy (non-hydrogen) atoms. The topological polar surface area (TPSA) is 93.8 Å². The zero-order valence-corrected chi connectivity index (χ0v) is 9.24. The average Bonchev–Trinajstić information content (AvgIpc) is 2.74. The molecule has 0 atom stereocenters. The standard InChI is InChI=1S/C10H11N5O2/c1-7-6-8(2-4-11-7)10-12-13-14-15(10)5-3-9(16)17/h2,4,6H,3,5H2,1H3,(H,16,17). The van der Waals surface area contributed by atoms with Gasteiger partial charge in [-0.05, 0) is 29.5 Å². The lowest BCUT2D eigenvalue weighted by Gasteiger charge is -2.03. The fourth-order valence-electron chi connectivity index (χ4n) is 1.45. The summed E-state index contributed by atoms with van der Waals surface area (Å²) in [6, 6.07) is 3.64. The smallest absolute Gasteiger partial charge is 0.305 e. The molecule has 0 saturated heterocycles. The van der Waals surface area contributed by atoms with Crippen LogP contribution in [0.2, 0.25) is 0 Å². The summed E-state index contributed by atoms with van der Waals surface area (Å²) < 4.78 is 1.48. The quantitative estimate of drug-likeness (QED) is 0.827. The van der Waals surface area contributed by atoms with Gasteiger partial charge in [0.1, 0.15) is 0 Å². The van der Waals surface area contributed by atoms with Crippen molar-refractivity contribution >= 4 is 5.97 Å². The number of hydrogen-bond donors (Lipinski definition) is 1. The molecule has 1 N–H and O–H groups in total. The second-order valence-corrected chi connectivity index (χ2v) is 3.56. The van der Waals surface area contributed by atoms with Gasteiger partial charge in [-0.1, -0.05) is 0 Å². The van der Waals surface area contributed by atoms with Gasteiger partial charge in [0.15, 0.2) is 5.82 Å². The minimum Gasteiger partial charge on any atom is -0.481 e. The lowest BCUT2D eigenvalue weighted by atomic mass is 10.2. The van der Waals surface area contributed by atoms with Crippen molar-refractivity contribution < 1.29 is 9.90 Å². The number of aryl methyl sites for hydroxylation is 2. The summed E-state index contributed by atoms with van der Waals surface area (Å²) in [6.07, 6.45) is 1.66. The third-order valence-electron chi connectivity index (χ3n) is 2.22. The molecule has 0 bridgehead atoms. The second kappa shape index (κ2) is 4.69. The molecule has 7 nitrogen and oxygen atoms in total. The van der Waals surface area contributed by atoms with Gasteiger partial charge in [-0.25, -0.2) is 4.68 Å². The van der Waals surface area contributed by atoms with Gasteiger partial charge < -0.3 is 5.11 Å².